The van der Waals surface area contributed by atoms with Crippen molar-refractivity contribution >= 4 is 11.6 Å². The number of aromatic nitrogens is 3. The molecule has 148 valence electrons. The molecular formula is C18H23F3N4O2. The van der Waals surface area contributed by atoms with Crippen molar-refractivity contribution in [2.24, 2.45) is 5.92 Å². The van der Waals surface area contributed by atoms with E-state index in [1.54, 1.807) is 10.6 Å². The molecule has 0 radical (unpaired) electrons. The Morgan fingerprint density at radius 1 is 1.26 bits per heavy atom. The van der Waals surface area contributed by atoms with Crippen molar-refractivity contribution in [2.75, 3.05) is 19.7 Å². The minimum absolute atomic E-state index is 0.250. The number of nitrogens with zero attached hydrogens (tertiary/aromatic N) is 4. The number of amides is 1. The van der Waals surface area contributed by atoms with Crippen LogP contribution in [0.5, 0.6) is 5.88 Å². The first-order valence-corrected chi connectivity index (χ1v) is 9.03. The number of ether oxygens (including phenoxy) is 1. The number of likely N-dealkylation sites (tertiary alicyclic amines) is 1. The maximum atomic E-state index is 12.2. The van der Waals surface area contributed by atoms with Crippen LogP contribution in [0.3, 0.4) is 0 Å². The number of halogens is 3. The Labute approximate surface area is 155 Å². The van der Waals surface area contributed by atoms with E-state index in [4.69, 9.17) is 4.74 Å². The Morgan fingerprint density at radius 3 is 2.63 bits per heavy atom. The zero-order valence-electron chi connectivity index (χ0n) is 15.4. The lowest BCUT2D eigenvalue weighted by Gasteiger charge is -2.32. The minimum atomic E-state index is -4.29. The minimum Gasteiger partial charge on any atom is -0.476 e. The lowest BCUT2D eigenvalue weighted by atomic mass is 9.97. The molecular weight excluding hydrogens is 361 g/mol. The average Bonchev–Trinajstić information content (AvgIpc) is 2.92. The van der Waals surface area contributed by atoms with Crippen LogP contribution in [0.25, 0.3) is 5.65 Å². The van der Waals surface area contributed by atoms with Crippen molar-refractivity contribution in [1.82, 2.24) is 19.5 Å². The molecule has 3 rings (SSSR count). The van der Waals surface area contributed by atoms with Crippen molar-refractivity contribution in [3.05, 3.63) is 23.5 Å². The summed E-state index contributed by atoms with van der Waals surface area (Å²) in [4.78, 5) is 17.8. The lowest BCUT2D eigenvalue weighted by molar-refractivity contribution is -0.149. The summed E-state index contributed by atoms with van der Waals surface area (Å²) in [5.41, 5.74) is 2.64. The molecule has 0 atom stereocenters. The van der Waals surface area contributed by atoms with Crippen molar-refractivity contribution in [3.8, 4) is 5.88 Å². The first-order valence-electron chi connectivity index (χ1n) is 9.03. The van der Waals surface area contributed by atoms with Crippen LogP contribution in [-0.2, 0) is 4.79 Å². The van der Waals surface area contributed by atoms with Crippen LogP contribution < -0.4 is 4.74 Å². The molecule has 3 heterocycles. The second-order valence-electron chi connectivity index (χ2n) is 6.97. The van der Waals surface area contributed by atoms with Gasteiger partial charge in [0.2, 0.25) is 11.8 Å². The van der Waals surface area contributed by atoms with E-state index in [2.05, 4.69) is 10.1 Å². The van der Waals surface area contributed by atoms with Crippen LogP contribution in [0.4, 0.5) is 13.2 Å². The molecule has 0 spiro atoms. The Bertz CT molecular complexity index is 811. The fraction of sp³-hybridized carbons (Fsp3) is 0.611. The molecule has 1 saturated heterocycles. The highest BCUT2D eigenvalue weighted by molar-refractivity contribution is 5.76. The van der Waals surface area contributed by atoms with Crippen LogP contribution in [0.2, 0.25) is 0 Å². The normalized spacial score (nSPS) is 16.1. The summed E-state index contributed by atoms with van der Waals surface area (Å²) in [6, 6.07) is 3.63. The van der Waals surface area contributed by atoms with Gasteiger partial charge < -0.3 is 9.64 Å². The third-order valence-corrected chi connectivity index (χ3v) is 4.97. The number of rotatable bonds is 5. The summed E-state index contributed by atoms with van der Waals surface area (Å²) in [5.74, 6) is 0.330. The molecule has 27 heavy (non-hydrogen) atoms. The smallest absolute Gasteiger partial charge is 0.389 e. The van der Waals surface area contributed by atoms with Crippen molar-refractivity contribution in [1.29, 1.82) is 0 Å². The number of hydrogen-bond donors (Lipinski definition) is 0. The molecule has 2 aromatic rings. The molecule has 0 saturated carbocycles. The maximum absolute atomic E-state index is 12.2. The third-order valence-electron chi connectivity index (χ3n) is 4.97. The van der Waals surface area contributed by atoms with Crippen molar-refractivity contribution in [3.63, 3.8) is 0 Å². The van der Waals surface area contributed by atoms with Crippen molar-refractivity contribution in [2.45, 2.75) is 45.7 Å². The number of alkyl halides is 3. The maximum Gasteiger partial charge on any atom is 0.389 e. The van der Waals surface area contributed by atoms with Crippen LogP contribution in [0, 0.1) is 19.8 Å². The summed E-state index contributed by atoms with van der Waals surface area (Å²) in [6.45, 7) is 5.27. The fourth-order valence-corrected chi connectivity index (χ4v) is 3.17. The predicted molar refractivity (Wildman–Crippen MR) is 92.5 cm³/mol. The molecule has 6 nitrogen and oxygen atoms in total. The largest absolute Gasteiger partial charge is 0.476 e. The third kappa shape index (κ3) is 4.90. The summed E-state index contributed by atoms with van der Waals surface area (Å²) < 4.78 is 44.2. The van der Waals surface area contributed by atoms with E-state index in [0.29, 0.717) is 38.4 Å². The van der Waals surface area contributed by atoms with Gasteiger partial charge in [-0.25, -0.2) is 9.50 Å². The highest BCUT2D eigenvalue weighted by Gasteiger charge is 2.30. The molecule has 1 aliphatic heterocycles. The molecule has 1 fully saturated rings. The van der Waals surface area contributed by atoms with E-state index in [-0.39, 0.29) is 5.92 Å². The van der Waals surface area contributed by atoms with E-state index in [1.807, 2.05) is 19.9 Å². The summed E-state index contributed by atoms with van der Waals surface area (Å²) in [7, 11) is 0. The highest BCUT2D eigenvalue weighted by atomic mass is 19.4. The molecule has 0 bridgehead atoms. The van der Waals surface area contributed by atoms with Gasteiger partial charge in [-0.1, -0.05) is 0 Å². The van der Waals surface area contributed by atoms with Gasteiger partial charge in [-0.15, -0.1) is 5.10 Å². The zero-order valence-corrected chi connectivity index (χ0v) is 15.4. The van der Waals surface area contributed by atoms with Crippen LogP contribution in [0.1, 0.15) is 37.1 Å². The number of hydrogen-bond acceptors (Lipinski definition) is 4. The van der Waals surface area contributed by atoms with Crippen LogP contribution in [0.15, 0.2) is 12.1 Å². The van der Waals surface area contributed by atoms with E-state index in [0.717, 1.165) is 17.0 Å². The first-order chi connectivity index (χ1) is 12.7. The van der Waals surface area contributed by atoms with Crippen LogP contribution in [-0.4, -0.2) is 51.3 Å². The number of piperidine rings is 1. The van der Waals surface area contributed by atoms with E-state index in [9.17, 15) is 18.0 Å². The van der Waals surface area contributed by atoms with Gasteiger partial charge in [0.05, 0.1) is 24.4 Å². The standard InChI is InChI=1S/C18H23F3N4O2/c1-12-13(2)25-15(22-12)3-4-16(23-25)27-11-14-6-9-24(10-7-14)17(26)5-8-18(19,20)21/h3-4,14H,5-11H2,1-2H3. The van der Waals surface area contributed by atoms with Gasteiger partial charge in [0, 0.05) is 25.6 Å². The van der Waals surface area contributed by atoms with Gasteiger partial charge in [0.25, 0.3) is 0 Å². The van der Waals surface area contributed by atoms with E-state index < -0.39 is 24.9 Å². The van der Waals surface area contributed by atoms with Crippen LogP contribution >= 0.6 is 0 Å². The number of carbonyl (C=O) groups excluding carboxylic acids is 1. The SMILES string of the molecule is Cc1nc2ccc(OCC3CCN(C(=O)CCC(F)(F)F)CC3)nn2c1C. The molecule has 1 aliphatic rings. The molecule has 2 aromatic heterocycles. The number of aryl methyl sites for hydroxylation is 2. The zero-order chi connectivity index (χ0) is 19.6. The first kappa shape index (κ1) is 19.4. The van der Waals surface area contributed by atoms with Gasteiger partial charge in [0.15, 0.2) is 5.65 Å². The molecule has 0 aliphatic carbocycles. The molecule has 0 N–H and O–H groups in total. The van der Waals surface area contributed by atoms with Gasteiger partial charge in [0.1, 0.15) is 0 Å². The Kier molecular flexibility index (Phi) is 5.57. The Balaban J connectivity index is 1.47. The number of carbonyl (C=O) groups is 1. The summed E-state index contributed by atoms with van der Waals surface area (Å²) >= 11 is 0. The second-order valence-corrected chi connectivity index (χ2v) is 6.97. The second kappa shape index (κ2) is 7.74. The van der Waals surface area contributed by atoms with E-state index >= 15 is 0 Å². The lowest BCUT2D eigenvalue weighted by Crippen LogP contribution is -2.40. The van der Waals surface area contributed by atoms with Crippen molar-refractivity contribution < 1.29 is 22.7 Å². The van der Waals surface area contributed by atoms with Gasteiger partial charge in [-0.05, 0) is 38.7 Å². The Morgan fingerprint density at radius 2 is 1.96 bits per heavy atom. The molecule has 0 unspecified atom stereocenters. The molecule has 1 amide bonds. The molecule has 0 aromatic carbocycles. The molecule has 9 heteroatoms. The van der Waals surface area contributed by atoms with Gasteiger partial charge >= 0.3 is 6.18 Å². The monoisotopic (exact) mass is 384 g/mol. The number of imidazole rings is 1. The summed E-state index contributed by atoms with van der Waals surface area (Å²) in [5, 5.41) is 4.43. The van der Waals surface area contributed by atoms with Gasteiger partial charge in [-0.2, -0.15) is 13.2 Å². The van der Waals surface area contributed by atoms with Gasteiger partial charge in [-0.3, -0.25) is 4.79 Å². The topological polar surface area (TPSA) is 59.7 Å². The Hall–Kier alpha value is -2.32. The highest BCUT2D eigenvalue weighted by Crippen LogP contribution is 2.24. The van der Waals surface area contributed by atoms with E-state index in [1.165, 1.54) is 4.90 Å². The average molecular weight is 384 g/mol. The number of fused-ring (bicyclic) bond motifs is 1. The summed E-state index contributed by atoms with van der Waals surface area (Å²) in [6.07, 6.45) is -4.40. The quantitative estimate of drug-likeness (QED) is 0.794. The fourth-order valence-electron chi connectivity index (χ4n) is 3.17. The predicted octanol–water partition coefficient (Wildman–Crippen LogP) is 3.31.